The SMILES string of the molecule is CC(C)(C)c1ccc(C(=O)NCCCN2CCN(CCCNc3ccnc4cc(Cl)ccc34)CC2)cc1. The number of carbonyl (C=O) groups excluding carboxylic acids is 1. The number of benzene rings is 2. The monoisotopic (exact) mass is 521 g/mol. The van der Waals surface area contributed by atoms with Gasteiger partial charge in [0, 0.05) is 67.1 Å². The third-order valence-electron chi connectivity index (χ3n) is 7.09. The van der Waals surface area contributed by atoms with Crippen molar-refractivity contribution in [2.24, 2.45) is 0 Å². The van der Waals surface area contributed by atoms with Crippen LogP contribution in [0, 0.1) is 0 Å². The Bertz CT molecular complexity index is 1170. The number of nitrogens with one attached hydrogen (secondary N) is 2. The molecule has 198 valence electrons. The molecule has 0 atom stereocenters. The summed E-state index contributed by atoms with van der Waals surface area (Å²) < 4.78 is 0. The first-order chi connectivity index (χ1) is 17.8. The lowest BCUT2D eigenvalue weighted by atomic mass is 9.87. The Balaban J connectivity index is 1.08. The maximum Gasteiger partial charge on any atom is 0.251 e. The molecule has 1 aliphatic rings. The fourth-order valence-electron chi connectivity index (χ4n) is 4.77. The Kier molecular flexibility index (Phi) is 9.41. The van der Waals surface area contributed by atoms with E-state index in [4.69, 9.17) is 11.6 Å². The number of carbonyl (C=O) groups is 1. The van der Waals surface area contributed by atoms with Gasteiger partial charge in [0.05, 0.1) is 5.52 Å². The van der Waals surface area contributed by atoms with E-state index in [-0.39, 0.29) is 11.3 Å². The second kappa shape index (κ2) is 12.7. The van der Waals surface area contributed by atoms with Crippen LogP contribution in [0.5, 0.6) is 0 Å². The Morgan fingerprint density at radius 1 is 0.919 bits per heavy atom. The second-order valence-electron chi connectivity index (χ2n) is 10.9. The molecule has 0 aliphatic carbocycles. The van der Waals surface area contributed by atoms with Crippen molar-refractivity contribution in [2.45, 2.75) is 39.0 Å². The Labute approximate surface area is 226 Å². The first-order valence-corrected chi connectivity index (χ1v) is 13.8. The lowest BCUT2D eigenvalue weighted by Gasteiger charge is -2.34. The molecule has 0 bridgehead atoms. The van der Waals surface area contributed by atoms with Gasteiger partial charge in [0.2, 0.25) is 0 Å². The van der Waals surface area contributed by atoms with Gasteiger partial charge in [0.25, 0.3) is 5.91 Å². The fraction of sp³-hybridized carbons (Fsp3) is 0.467. The molecule has 0 unspecified atom stereocenters. The van der Waals surface area contributed by atoms with Crippen LogP contribution in [0.3, 0.4) is 0 Å². The number of anilines is 1. The van der Waals surface area contributed by atoms with Crippen molar-refractivity contribution in [1.82, 2.24) is 20.1 Å². The van der Waals surface area contributed by atoms with E-state index in [0.29, 0.717) is 11.6 Å². The van der Waals surface area contributed by atoms with Crippen LogP contribution in [0.1, 0.15) is 49.5 Å². The summed E-state index contributed by atoms with van der Waals surface area (Å²) in [5, 5.41) is 8.46. The quantitative estimate of drug-likeness (QED) is 0.349. The number of rotatable bonds is 10. The van der Waals surface area contributed by atoms with Gasteiger partial charge < -0.3 is 20.4 Å². The van der Waals surface area contributed by atoms with E-state index in [1.165, 1.54) is 5.56 Å². The first-order valence-electron chi connectivity index (χ1n) is 13.4. The average molecular weight is 522 g/mol. The van der Waals surface area contributed by atoms with Gasteiger partial charge in [0.15, 0.2) is 0 Å². The Hall–Kier alpha value is -2.67. The molecule has 1 aliphatic heterocycles. The molecular formula is C30H40ClN5O. The van der Waals surface area contributed by atoms with Gasteiger partial charge in [-0.3, -0.25) is 9.78 Å². The molecule has 3 aromatic rings. The van der Waals surface area contributed by atoms with Gasteiger partial charge in [-0.2, -0.15) is 0 Å². The minimum atomic E-state index is 0.0162. The fourth-order valence-corrected chi connectivity index (χ4v) is 4.93. The number of aromatic nitrogens is 1. The zero-order valence-corrected chi connectivity index (χ0v) is 23.2. The molecule has 1 amide bonds. The predicted octanol–water partition coefficient (Wildman–Crippen LogP) is 5.43. The van der Waals surface area contributed by atoms with E-state index in [0.717, 1.165) is 80.8 Å². The van der Waals surface area contributed by atoms with E-state index in [1.54, 1.807) is 0 Å². The molecule has 7 heteroatoms. The van der Waals surface area contributed by atoms with Crippen molar-refractivity contribution >= 4 is 34.1 Å². The zero-order valence-electron chi connectivity index (χ0n) is 22.4. The lowest BCUT2D eigenvalue weighted by Crippen LogP contribution is -2.47. The van der Waals surface area contributed by atoms with E-state index in [9.17, 15) is 4.79 Å². The molecule has 2 aromatic carbocycles. The van der Waals surface area contributed by atoms with E-state index >= 15 is 0 Å². The summed E-state index contributed by atoms with van der Waals surface area (Å²) in [5.41, 5.74) is 4.11. The molecule has 0 saturated carbocycles. The van der Waals surface area contributed by atoms with Crippen LogP contribution in [-0.2, 0) is 5.41 Å². The minimum Gasteiger partial charge on any atom is -0.384 e. The smallest absolute Gasteiger partial charge is 0.251 e. The number of amides is 1. The molecule has 0 spiro atoms. The summed E-state index contributed by atoms with van der Waals surface area (Å²) in [5.74, 6) is 0.0162. The number of pyridine rings is 1. The number of piperazine rings is 1. The Morgan fingerprint density at radius 3 is 2.22 bits per heavy atom. The molecular weight excluding hydrogens is 482 g/mol. The van der Waals surface area contributed by atoms with E-state index in [1.807, 2.05) is 42.6 Å². The number of halogens is 1. The molecule has 4 rings (SSSR count). The maximum absolute atomic E-state index is 12.4. The van der Waals surface area contributed by atoms with Crippen molar-refractivity contribution in [1.29, 1.82) is 0 Å². The van der Waals surface area contributed by atoms with Gasteiger partial charge in [-0.1, -0.05) is 44.5 Å². The normalized spacial score (nSPS) is 15.1. The highest BCUT2D eigenvalue weighted by atomic mass is 35.5. The largest absolute Gasteiger partial charge is 0.384 e. The van der Waals surface area contributed by atoms with Crippen molar-refractivity contribution in [2.75, 3.05) is 57.7 Å². The van der Waals surface area contributed by atoms with E-state index in [2.05, 4.69) is 58.3 Å². The van der Waals surface area contributed by atoms with Gasteiger partial charge in [-0.25, -0.2) is 0 Å². The summed E-state index contributed by atoms with van der Waals surface area (Å²) in [7, 11) is 0. The van der Waals surface area contributed by atoms with Crippen LogP contribution in [0.4, 0.5) is 5.69 Å². The van der Waals surface area contributed by atoms with Crippen LogP contribution >= 0.6 is 11.6 Å². The summed E-state index contributed by atoms with van der Waals surface area (Å²) in [6.07, 6.45) is 3.90. The highest BCUT2D eigenvalue weighted by Crippen LogP contribution is 2.24. The summed E-state index contributed by atoms with van der Waals surface area (Å²) in [6, 6.07) is 15.8. The molecule has 6 nitrogen and oxygen atoms in total. The van der Waals surface area contributed by atoms with Crippen molar-refractivity contribution in [3.63, 3.8) is 0 Å². The van der Waals surface area contributed by atoms with Gasteiger partial charge >= 0.3 is 0 Å². The molecule has 2 heterocycles. The average Bonchev–Trinajstić information content (AvgIpc) is 2.89. The summed E-state index contributed by atoms with van der Waals surface area (Å²) in [4.78, 5) is 21.9. The zero-order chi connectivity index (χ0) is 26.3. The summed E-state index contributed by atoms with van der Waals surface area (Å²) >= 11 is 6.09. The highest BCUT2D eigenvalue weighted by molar-refractivity contribution is 6.31. The lowest BCUT2D eigenvalue weighted by molar-refractivity contribution is 0.0947. The molecule has 1 saturated heterocycles. The third kappa shape index (κ3) is 7.91. The van der Waals surface area contributed by atoms with Gasteiger partial charge in [-0.15, -0.1) is 0 Å². The molecule has 1 fully saturated rings. The van der Waals surface area contributed by atoms with Crippen LogP contribution in [-0.4, -0.2) is 73.0 Å². The Morgan fingerprint density at radius 2 is 1.57 bits per heavy atom. The molecule has 0 radical (unpaired) electrons. The molecule has 1 aromatic heterocycles. The number of hydrogen-bond acceptors (Lipinski definition) is 5. The molecule has 2 N–H and O–H groups in total. The predicted molar refractivity (Wildman–Crippen MR) is 155 cm³/mol. The van der Waals surface area contributed by atoms with Crippen LogP contribution in [0.2, 0.25) is 5.02 Å². The maximum atomic E-state index is 12.4. The minimum absolute atomic E-state index is 0.0162. The summed E-state index contributed by atoms with van der Waals surface area (Å²) in [6.45, 7) is 14.7. The van der Waals surface area contributed by atoms with Crippen LogP contribution in [0.15, 0.2) is 54.7 Å². The van der Waals surface area contributed by atoms with Gasteiger partial charge in [-0.05, 0) is 73.3 Å². The second-order valence-corrected chi connectivity index (χ2v) is 11.4. The number of hydrogen-bond donors (Lipinski definition) is 2. The standard InChI is InChI=1S/C30H40ClN5O/c1-30(2,3)24-8-6-23(7-9-24)29(37)34-14-5-17-36-20-18-35(19-21-36)16-4-13-32-27-12-15-33-28-22-25(31)10-11-26(27)28/h6-12,15,22H,4-5,13-14,16-21H2,1-3H3,(H,32,33)(H,34,37). The van der Waals surface area contributed by atoms with E-state index < -0.39 is 0 Å². The van der Waals surface area contributed by atoms with Crippen molar-refractivity contribution < 1.29 is 4.79 Å². The number of fused-ring (bicyclic) bond motifs is 1. The third-order valence-corrected chi connectivity index (χ3v) is 7.32. The molecule has 37 heavy (non-hydrogen) atoms. The van der Waals surface area contributed by atoms with Gasteiger partial charge in [0.1, 0.15) is 0 Å². The number of nitrogens with zero attached hydrogens (tertiary/aromatic N) is 3. The van der Waals surface area contributed by atoms with Crippen molar-refractivity contribution in [3.05, 3.63) is 70.9 Å². The highest BCUT2D eigenvalue weighted by Gasteiger charge is 2.17. The first kappa shape index (κ1) is 27.4. The van der Waals surface area contributed by atoms with Crippen LogP contribution in [0.25, 0.3) is 10.9 Å². The van der Waals surface area contributed by atoms with Crippen molar-refractivity contribution in [3.8, 4) is 0 Å². The van der Waals surface area contributed by atoms with Crippen LogP contribution < -0.4 is 10.6 Å². The topological polar surface area (TPSA) is 60.5 Å².